The lowest BCUT2D eigenvalue weighted by atomic mass is 10.1. The normalized spacial score (nSPS) is 22.9. The third-order valence-corrected chi connectivity index (χ3v) is 5.59. The molecule has 16 heavy (non-hydrogen) atoms. The molecule has 3 nitrogen and oxygen atoms in total. The first-order chi connectivity index (χ1) is 7.83. The van der Waals surface area contributed by atoms with Gasteiger partial charge in [-0.25, -0.2) is 4.98 Å². The number of hydrogen-bond donors (Lipinski definition) is 2. The highest BCUT2D eigenvalue weighted by atomic mass is 32.2. The van der Waals surface area contributed by atoms with Crippen LogP contribution in [0, 0.1) is 0 Å². The van der Waals surface area contributed by atoms with Crippen molar-refractivity contribution in [3.63, 3.8) is 0 Å². The van der Waals surface area contributed by atoms with Crippen molar-refractivity contribution in [2.24, 2.45) is 0 Å². The Hall–Kier alpha value is -0.390. The van der Waals surface area contributed by atoms with Gasteiger partial charge < -0.3 is 11.1 Å². The Balaban J connectivity index is 2.18. The van der Waals surface area contributed by atoms with Crippen molar-refractivity contribution < 1.29 is 0 Å². The number of nitrogens with two attached hydrogens (primary N) is 1. The van der Waals surface area contributed by atoms with Crippen LogP contribution in [-0.2, 0) is 0 Å². The van der Waals surface area contributed by atoms with Crippen molar-refractivity contribution in [2.75, 3.05) is 30.0 Å². The second kappa shape index (κ2) is 5.80. The van der Waals surface area contributed by atoms with E-state index in [4.69, 9.17) is 5.73 Å². The zero-order valence-corrected chi connectivity index (χ0v) is 11.0. The third-order valence-electron chi connectivity index (χ3n) is 2.73. The summed E-state index contributed by atoms with van der Waals surface area (Å²) < 4.78 is 0. The van der Waals surface area contributed by atoms with E-state index < -0.39 is 0 Å². The summed E-state index contributed by atoms with van der Waals surface area (Å²) in [4.78, 5) is 4.16. The van der Waals surface area contributed by atoms with Crippen LogP contribution in [0.3, 0.4) is 0 Å². The second-order valence-electron chi connectivity index (χ2n) is 3.73. The summed E-state index contributed by atoms with van der Waals surface area (Å²) in [6.45, 7) is 0. The molecule has 0 aromatic carbocycles. The highest BCUT2D eigenvalue weighted by Crippen LogP contribution is 2.34. The molecular formula is C11H17N3S2. The van der Waals surface area contributed by atoms with Crippen LogP contribution in [0.15, 0.2) is 18.3 Å². The van der Waals surface area contributed by atoms with Gasteiger partial charge in [0.15, 0.2) is 0 Å². The lowest BCUT2D eigenvalue weighted by Gasteiger charge is -2.29. The number of aromatic nitrogens is 1. The quantitative estimate of drug-likeness (QED) is 0.862. The number of nitrogens with one attached hydrogen (secondary N) is 1. The zero-order chi connectivity index (χ0) is 11.4. The summed E-state index contributed by atoms with van der Waals surface area (Å²) in [7, 11) is 2.00. The first-order valence-electron chi connectivity index (χ1n) is 5.40. The van der Waals surface area contributed by atoms with Gasteiger partial charge in [-0.15, -0.1) is 0 Å². The molecule has 0 saturated carbocycles. The fraction of sp³-hybridized carbons (Fsp3) is 0.545. The Morgan fingerprint density at radius 3 is 3.06 bits per heavy atom. The molecule has 3 N–H and O–H groups in total. The van der Waals surface area contributed by atoms with Crippen LogP contribution in [0.1, 0.15) is 11.6 Å². The highest BCUT2D eigenvalue weighted by Gasteiger charge is 2.26. The number of hydrogen-bond acceptors (Lipinski definition) is 5. The molecule has 2 heterocycles. The Kier molecular flexibility index (Phi) is 4.37. The fourth-order valence-corrected chi connectivity index (χ4v) is 4.83. The average molecular weight is 255 g/mol. The summed E-state index contributed by atoms with van der Waals surface area (Å²) in [5, 5.41) is 3.97. The zero-order valence-electron chi connectivity index (χ0n) is 9.35. The van der Waals surface area contributed by atoms with Gasteiger partial charge in [0.25, 0.3) is 0 Å². The van der Waals surface area contributed by atoms with Crippen molar-refractivity contribution >= 4 is 29.3 Å². The summed E-state index contributed by atoms with van der Waals surface area (Å²) in [6, 6.07) is 4.34. The van der Waals surface area contributed by atoms with Crippen LogP contribution in [0.4, 0.5) is 5.82 Å². The first-order valence-corrected chi connectivity index (χ1v) is 7.60. The highest BCUT2D eigenvalue weighted by molar-refractivity contribution is 8.06. The fourth-order valence-electron chi connectivity index (χ4n) is 1.93. The summed E-state index contributed by atoms with van der Waals surface area (Å²) in [5.41, 5.74) is 7.07. The maximum Gasteiger partial charge on any atom is 0.128 e. The molecule has 2 unspecified atom stereocenters. The van der Waals surface area contributed by atoms with Crippen LogP contribution < -0.4 is 11.1 Å². The van der Waals surface area contributed by atoms with Gasteiger partial charge in [0.1, 0.15) is 5.82 Å². The van der Waals surface area contributed by atoms with E-state index in [2.05, 4.69) is 16.4 Å². The Labute approximate surface area is 105 Å². The molecule has 2 rings (SSSR count). The molecule has 0 spiro atoms. The van der Waals surface area contributed by atoms with Gasteiger partial charge in [0.05, 0.1) is 0 Å². The molecule has 1 fully saturated rings. The molecule has 1 aliphatic rings. The van der Waals surface area contributed by atoms with Crippen molar-refractivity contribution in [1.82, 2.24) is 10.3 Å². The predicted octanol–water partition coefficient (Wildman–Crippen LogP) is 1.77. The van der Waals surface area contributed by atoms with E-state index in [-0.39, 0.29) is 0 Å². The topological polar surface area (TPSA) is 50.9 Å². The minimum atomic E-state index is 0.312. The Morgan fingerprint density at radius 1 is 1.56 bits per heavy atom. The Bertz CT molecular complexity index is 340. The molecule has 0 aliphatic carbocycles. The van der Waals surface area contributed by atoms with E-state index in [9.17, 15) is 0 Å². The number of thioether (sulfide) groups is 2. The molecule has 1 aliphatic heterocycles. The van der Waals surface area contributed by atoms with Gasteiger partial charge in [0.2, 0.25) is 0 Å². The number of rotatable bonds is 3. The Morgan fingerprint density at radius 2 is 2.44 bits per heavy atom. The van der Waals surface area contributed by atoms with Crippen LogP contribution >= 0.6 is 23.5 Å². The largest absolute Gasteiger partial charge is 0.383 e. The van der Waals surface area contributed by atoms with Crippen LogP contribution in [0.2, 0.25) is 0 Å². The molecule has 5 heteroatoms. The minimum Gasteiger partial charge on any atom is -0.383 e. The number of nitrogens with zero attached hydrogens (tertiary/aromatic N) is 1. The molecular weight excluding hydrogens is 238 g/mol. The van der Waals surface area contributed by atoms with Crippen LogP contribution in [0.5, 0.6) is 0 Å². The van der Waals surface area contributed by atoms with E-state index in [0.717, 1.165) is 5.56 Å². The first kappa shape index (κ1) is 12.1. The lowest BCUT2D eigenvalue weighted by Crippen LogP contribution is -2.32. The van der Waals surface area contributed by atoms with Crippen molar-refractivity contribution in [2.45, 2.75) is 11.3 Å². The molecule has 1 saturated heterocycles. The molecule has 1 aromatic rings. The van der Waals surface area contributed by atoms with E-state index in [1.54, 1.807) is 6.20 Å². The van der Waals surface area contributed by atoms with Crippen LogP contribution in [-0.4, -0.2) is 34.5 Å². The van der Waals surface area contributed by atoms with Gasteiger partial charge in [-0.1, -0.05) is 6.07 Å². The van der Waals surface area contributed by atoms with Gasteiger partial charge in [-0.3, -0.25) is 0 Å². The molecule has 1 aromatic heterocycles. The monoisotopic (exact) mass is 255 g/mol. The van der Waals surface area contributed by atoms with Crippen molar-refractivity contribution in [1.29, 1.82) is 0 Å². The standard InChI is InChI=1S/C11H17N3S2/c1-13-10(9-7-15-5-6-16-9)8-3-2-4-14-11(8)12/h2-4,9-10,13H,5-7H2,1H3,(H2,12,14). The smallest absolute Gasteiger partial charge is 0.128 e. The van der Waals surface area contributed by atoms with Gasteiger partial charge in [0, 0.05) is 40.3 Å². The maximum absolute atomic E-state index is 5.94. The predicted molar refractivity (Wildman–Crippen MR) is 74.0 cm³/mol. The lowest BCUT2D eigenvalue weighted by molar-refractivity contribution is 0.592. The SMILES string of the molecule is CNC(c1cccnc1N)C1CSCCS1. The minimum absolute atomic E-state index is 0.312. The summed E-state index contributed by atoms with van der Waals surface area (Å²) in [5.74, 6) is 4.33. The maximum atomic E-state index is 5.94. The van der Waals surface area contributed by atoms with Crippen molar-refractivity contribution in [3.05, 3.63) is 23.9 Å². The molecule has 2 atom stereocenters. The average Bonchev–Trinajstić information content (AvgIpc) is 2.34. The third kappa shape index (κ3) is 2.64. The van der Waals surface area contributed by atoms with Crippen molar-refractivity contribution in [3.8, 4) is 0 Å². The van der Waals surface area contributed by atoms with Gasteiger partial charge >= 0.3 is 0 Å². The molecule has 0 radical (unpaired) electrons. The molecule has 0 bridgehead atoms. The van der Waals surface area contributed by atoms with E-state index in [1.807, 2.05) is 36.6 Å². The number of pyridine rings is 1. The van der Waals surface area contributed by atoms with Crippen LogP contribution in [0.25, 0.3) is 0 Å². The van der Waals surface area contributed by atoms with Gasteiger partial charge in [-0.05, 0) is 13.1 Å². The van der Waals surface area contributed by atoms with E-state index in [1.165, 1.54) is 17.3 Å². The van der Waals surface area contributed by atoms with E-state index in [0.29, 0.717) is 17.1 Å². The molecule has 0 amide bonds. The molecule has 88 valence electrons. The number of nitrogen functional groups attached to an aromatic ring is 1. The second-order valence-corrected chi connectivity index (χ2v) is 6.23. The number of anilines is 1. The van der Waals surface area contributed by atoms with Gasteiger partial charge in [-0.2, -0.15) is 23.5 Å². The van der Waals surface area contributed by atoms with E-state index >= 15 is 0 Å². The summed E-state index contributed by atoms with van der Waals surface area (Å²) >= 11 is 4.06. The summed E-state index contributed by atoms with van der Waals surface area (Å²) in [6.07, 6.45) is 1.74.